The molecule has 2 aliphatic heterocycles. The van der Waals surface area contributed by atoms with E-state index in [2.05, 4.69) is 82.3 Å². The van der Waals surface area contributed by atoms with Crippen molar-refractivity contribution in [3.8, 4) is 5.88 Å². The molecule has 2 aliphatic rings. The summed E-state index contributed by atoms with van der Waals surface area (Å²) in [6.45, 7) is 14.9. The van der Waals surface area contributed by atoms with Crippen LogP contribution in [0, 0.1) is 5.92 Å². The second-order valence-corrected chi connectivity index (χ2v) is 9.45. The number of ether oxygens (including phenoxy) is 1. The first-order valence-corrected chi connectivity index (χ1v) is 12.8. The van der Waals surface area contributed by atoms with E-state index in [1.807, 2.05) is 26.0 Å². The summed E-state index contributed by atoms with van der Waals surface area (Å²) in [5.74, 6) is 3.16. The summed E-state index contributed by atoms with van der Waals surface area (Å²) in [6.07, 6.45) is 4.29. The van der Waals surface area contributed by atoms with E-state index in [1.54, 1.807) is 0 Å². The van der Waals surface area contributed by atoms with Gasteiger partial charge >= 0.3 is 0 Å². The normalized spacial score (nSPS) is 20.2. The van der Waals surface area contributed by atoms with Gasteiger partial charge in [-0.1, -0.05) is 46.7 Å². The van der Waals surface area contributed by atoms with Crippen molar-refractivity contribution in [3.05, 3.63) is 35.4 Å². The van der Waals surface area contributed by atoms with Gasteiger partial charge in [0.05, 0.1) is 12.2 Å². The van der Waals surface area contributed by atoms with E-state index in [0.29, 0.717) is 36.0 Å². The largest absolute Gasteiger partial charge is 0.473 e. The molecule has 0 amide bonds. The van der Waals surface area contributed by atoms with E-state index in [-0.39, 0.29) is 12.3 Å². The molecule has 4 rings (SSSR count). The van der Waals surface area contributed by atoms with E-state index in [4.69, 9.17) is 9.26 Å². The van der Waals surface area contributed by atoms with Gasteiger partial charge in [-0.05, 0) is 44.3 Å². The number of likely N-dealkylation sites (tertiary alicyclic amines) is 1. The van der Waals surface area contributed by atoms with Gasteiger partial charge in [0, 0.05) is 24.4 Å². The van der Waals surface area contributed by atoms with Gasteiger partial charge in [0.1, 0.15) is 18.1 Å². The summed E-state index contributed by atoms with van der Waals surface area (Å²) < 4.78 is 11.7. The zero-order valence-corrected chi connectivity index (χ0v) is 22.2. The SMILES string of the molecule is CC.CC(C)C1=CC(Nc2cc(OC3CCCN(C)C3)nc(NCc3cc(C(C)C)no3)n2)NN1. The van der Waals surface area contributed by atoms with Gasteiger partial charge in [-0.2, -0.15) is 9.97 Å². The third kappa shape index (κ3) is 7.83. The Morgan fingerprint density at radius 2 is 1.97 bits per heavy atom. The third-order valence-electron chi connectivity index (χ3n) is 5.80. The average Bonchev–Trinajstić information content (AvgIpc) is 3.49. The van der Waals surface area contributed by atoms with E-state index < -0.39 is 0 Å². The van der Waals surface area contributed by atoms with Crippen molar-refractivity contribution in [1.29, 1.82) is 0 Å². The summed E-state index contributed by atoms with van der Waals surface area (Å²) in [5, 5.41) is 10.8. The summed E-state index contributed by atoms with van der Waals surface area (Å²) in [5.41, 5.74) is 8.52. The van der Waals surface area contributed by atoms with Crippen LogP contribution in [0.15, 0.2) is 28.4 Å². The lowest BCUT2D eigenvalue weighted by molar-refractivity contribution is 0.100. The fourth-order valence-corrected chi connectivity index (χ4v) is 3.87. The molecule has 10 nitrogen and oxygen atoms in total. The molecule has 0 saturated carbocycles. The molecule has 0 bridgehead atoms. The van der Waals surface area contributed by atoms with Crippen LogP contribution in [0.4, 0.5) is 11.8 Å². The number of aromatic nitrogens is 3. The highest BCUT2D eigenvalue weighted by atomic mass is 16.5. The molecule has 1 fully saturated rings. The first kappa shape index (κ1) is 26.7. The van der Waals surface area contributed by atoms with Crippen LogP contribution in [0.1, 0.15) is 71.8 Å². The first-order valence-electron chi connectivity index (χ1n) is 12.8. The first-order chi connectivity index (χ1) is 16.9. The van der Waals surface area contributed by atoms with E-state index in [9.17, 15) is 0 Å². The maximum absolute atomic E-state index is 6.26. The number of hydrazine groups is 1. The van der Waals surface area contributed by atoms with Gasteiger partial charge in [0.15, 0.2) is 5.76 Å². The number of rotatable bonds is 9. The van der Waals surface area contributed by atoms with E-state index >= 15 is 0 Å². The van der Waals surface area contributed by atoms with Gasteiger partial charge in [-0.15, -0.1) is 0 Å². The Morgan fingerprint density at radius 3 is 2.63 bits per heavy atom. The molecule has 0 aromatic carbocycles. The van der Waals surface area contributed by atoms with Crippen molar-refractivity contribution in [1.82, 2.24) is 30.9 Å². The highest BCUT2D eigenvalue weighted by molar-refractivity contribution is 5.46. The highest BCUT2D eigenvalue weighted by Gasteiger charge is 2.21. The smallest absolute Gasteiger partial charge is 0.228 e. The lowest BCUT2D eigenvalue weighted by atomic mass is 10.1. The Hall–Kier alpha value is -2.85. The third-order valence-corrected chi connectivity index (χ3v) is 5.80. The molecule has 4 N–H and O–H groups in total. The number of nitrogens with zero attached hydrogens (tertiary/aromatic N) is 4. The number of anilines is 2. The Bertz CT molecular complexity index is 959. The molecule has 1 saturated heterocycles. The average molecular weight is 487 g/mol. The predicted octanol–water partition coefficient (Wildman–Crippen LogP) is 4.09. The molecule has 0 radical (unpaired) electrons. The molecule has 0 aliphatic carbocycles. The maximum atomic E-state index is 6.26. The number of hydrogen-bond acceptors (Lipinski definition) is 10. The Labute approximate surface area is 209 Å². The standard InChI is InChI=1S/C23H36N8O2.C2H6/c1-14(2)18-10-21(29-28-18)25-20-11-22(32-16-7-6-8-31(5)13-16)27-23(26-20)24-12-17-9-19(15(3)4)30-33-17;1-2/h9-11,14-16,21,28-29H,6-8,12-13H2,1-5H3,(H2,24,25,26,27);1-2H3. The molecule has 194 valence electrons. The van der Waals surface area contributed by atoms with E-state index in [0.717, 1.165) is 43.1 Å². The Kier molecular flexibility index (Phi) is 9.73. The fourth-order valence-electron chi connectivity index (χ4n) is 3.87. The topological polar surface area (TPSA) is 112 Å². The fraction of sp³-hybridized carbons (Fsp3) is 0.640. The van der Waals surface area contributed by atoms with Crippen LogP contribution < -0.4 is 26.2 Å². The monoisotopic (exact) mass is 486 g/mol. The van der Waals surface area contributed by atoms with Gasteiger partial charge in [0.25, 0.3) is 0 Å². The molecule has 2 unspecified atom stereocenters. The lowest BCUT2D eigenvalue weighted by Crippen LogP contribution is -2.39. The second kappa shape index (κ2) is 12.7. The predicted molar refractivity (Wildman–Crippen MR) is 139 cm³/mol. The van der Waals surface area contributed by atoms with Crippen LogP contribution in [-0.2, 0) is 6.54 Å². The molecule has 2 atom stereocenters. The van der Waals surface area contributed by atoms with Crippen molar-refractivity contribution >= 4 is 11.8 Å². The molecule has 2 aromatic rings. The van der Waals surface area contributed by atoms with Crippen molar-refractivity contribution < 1.29 is 9.26 Å². The summed E-state index contributed by atoms with van der Waals surface area (Å²) in [4.78, 5) is 11.5. The van der Waals surface area contributed by atoms with Crippen molar-refractivity contribution in [2.24, 2.45) is 5.92 Å². The number of piperidine rings is 1. The zero-order chi connectivity index (χ0) is 25.4. The zero-order valence-electron chi connectivity index (χ0n) is 22.2. The molecule has 35 heavy (non-hydrogen) atoms. The number of likely N-dealkylation sites (N-methyl/N-ethyl adjacent to an activating group) is 1. The van der Waals surface area contributed by atoms with Gasteiger partial charge in [-0.25, -0.2) is 5.43 Å². The maximum Gasteiger partial charge on any atom is 0.228 e. The van der Waals surface area contributed by atoms with Crippen LogP contribution >= 0.6 is 0 Å². The number of allylic oxidation sites excluding steroid dienone is 1. The highest BCUT2D eigenvalue weighted by Crippen LogP contribution is 2.23. The van der Waals surface area contributed by atoms with Crippen LogP contribution in [0.25, 0.3) is 0 Å². The summed E-state index contributed by atoms with van der Waals surface area (Å²) in [7, 11) is 2.12. The molecule has 4 heterocycles. The number of nitrogens with one attached hydrogen (secondary N) is 4. The van der Waals surface area contributed by atoms with Gasteiger partial charge in [-0.3, -0.25) is 0 Å². The van der Waals surface area contributed by atoms with Crippen LogP contribution in [-0.4, -0.2) is 52.4 Å². The van der Waals surface area contributed by atoms with Crippen molar-refractivity contribution in [3.63, 3.8) is 0 Å². The Morgan fingerprint density at radius 1 is 1.17 bits per heavy atom. The molecule has 2 aromatic heterocycles. The minimum atomic E-state index is -0.0818. The second-order valence-electron chi connectivity index (χ2n) is 9.45. The molecule has 10 heteroatoms. The van der Waals surface area contributed by atoms with Gasteiger partial charge in [0.2, 0.25) is 11.8 Å². The molecule has 0 spiro atoms. The summed E-state index contributed by atoms with van der Waals surface area (Å²) in [6, 6.07) is 3.81. The molecular formula is C25H42N8O2. The quantitative estimate of drug-likeness (QED) is 0.413. The van der Waals surface area contributed by atoms with Crippen molar-refractivity contribution in [2.75, 3.05) is 30.8 Å². The van der Waals surface area contributed by atoms with E-state index in [1.165, 1.54) is 0 Å². The van der Waals surface area contributed by atoms with Gasteiger partial charge < -0.3 is 30.2 Å². The van der Waals surface area contributed by atoms with Crippen LogP contribution in [0.2, 0.25) is 0 Å². The minimum absolute atomic E-state index is 0.0818. The minimum Gasteiger partial charge on any atom is -0.473 e. The summed E-state index contributed by atoms with van der Waals surface area (Å²) >= 11 is 0. The van der Waals surface area contributed by atoms with Crippen LogP contribution in [0.5, 0.6) is 5.88 Å². The lowest BCUT2D eigenvalue weighted by Gasteiger charge is -2.29. The van der Waals surface area contributed by atoms with Crippen LogP contribution in [0.3, 0.4) is 0 Å². The molecular weight excluding hydrogens is 444 g/mol. The number of hydrogen-bond donors (Lipinski definition) is 4. The van der Waals surface area contributed by atoms with Crippen molar-refractivity contribution in [2.45, 2.75) is 79.1 Å². The Balaban J connectivity index is 0.00000167.